The van der Waals surface area contributed by atoms with Crippen LogP contribution in [0.1, 0.15) is 37.7 Å². The summed E-state index contributed by atoms with van der Waals surface area (Å²) < 4.78 is 5.27. The maximum Gasteiger partial charge on any atom is 0.141 e. The number of allylic oxidation sites excluding steroid dienone is 2. The molecule has 2 rings (SSSR count). The lowest BCUT2D eigenvalue weighted by Crippen LogP contribution is -2.06. The molecule has 0 aromatic heterocycles. The fourth-order valence-electron chi connectivity index (χ4n) is 2.44. The van der Waals surface area contributed by atoms with Gasteiger partial charge >= 0.3 is 0 Å². The lowest BCUT2D eigenvalue weighted by atomic mass is 9.94. The Morgan fingerprint density at radius 1 is 1.22 bits per heavy atom. The third-order valence-electron chi connectivity index (χ3n) is 3.39. The van der Waals surface area contributed by atoms with Gasteiger partial charge in [0.1, 0.15) is 11.5 Å². The smallest absolute Gasteiger partial charge is 0.141 e. The monoisotopic (exact) mass is 244 g/mol. The molecule has 0 radical (unpaired) electrons. The topological polar surface area (TPSA) is 26.3 Å². The third kappa shape index (κ3) is 3.46. The molecule has 0 N–H and O–H groups in total. The molecular weight excluding hydrogens is 224 g/mol. The van der Waals surface area contributed by atoms with E-state index in [1.165, 1.54) is 18.4 Å². The Bertz CT molecular complexity index is 446. The van der Waals surface area contributed by atoms with Gasteiger partial charge in [-0.25, -0.2) is 0 Å². The van der Waals surface area contributed by atoms with Crippen LogP contribution in [0.4, 0.5) is 0 Å². The fourth-order valence-corrected chi connectivity index (χ4v) is 2.44. The van der Waals surface area contributed by atoms with Gasteiger partial charge < -0.3 is 4.74 Å². The maximum absolute atomic E-state index is 12.1. The fraction of sp³-hybridized carbons (Fsp3) is 0.438. The van der Waals surface area contributed by atoms with Gasteiger partial charge in [-0.05, 0) is 31.7 Å². The molecule has 18 heavy (non-hydrogen) atoms. The average Bonchev–Trinajstić information content (AvgIpc) is 2.40. The average molecular weight is 244 g/mol. The summed E-state index contributed by atoms with van der Waals surface area (Å²) in [5.41, 5.74) is 2.31. The number of carbonyl (C=O) groups is 1. The van der Waals surface area contributed by atoms with E-state index in [0.717, 1.165) is 24.2 Å². The molecule has 0 aliphatic heterocycles. The van der Waals surface area contributed by atoms with Crippen LogP contribution in [-0.2, 0) is 11.2 Å². The van der Waals surface area contributed by atoms with Gasteiger partial charge in [-0.1, -0.05) is 29.8 Å². The van der Waals surface area contributed by atoms with Gasteiger partial charge in [0.05, 0.1) is 7.11 Å². The van der Waals surface area contributed by atoms with Crippen molar-refractivity contribution in [3.05, 3.63) is 41.5 Å². The Morgan fingerprint density at radius 3 is 2.78 bits per heavy atom. The van der Waals surface area contributed by atoms with Crippen LogP contribution < -0.4 is 4.74 Å². The molecule has 2 heteroatoms. The molecule has 0 atom stereocenters. The number of para-hydroxylation sites is 1. The Morgan fingerprint density at radius 2 is 2.06 bits per heavy atom. The van der Waals surface area contributed by atoms with E-state index in [4.69, 9.17) is 4.74 Å². The standard InChI is InChI=1S/C16H20O2/c1-18-16-10-6-5-9-14(16)12-15(17)11-13-7-3-2-4-8-13/h5-7,9-10H,2-4,8,11-12H2,1H3. The molecular formula is C16H20O2. The summed E-state index contributed by atoms with van der Waals surface area (Å²) in [5.74, 6) is 1.09. The normalized spacial score (nSPS) is 15.1. The Hall–Kier alpha value is -1.57. The molecule has 0 unspecified atom stereocenters. The van der Waals surface area contributed by atoms with Gasteiger partial charge in [0.15, 0.2) is 0 Å². The summed E-state index contributed by atoms with van der Waals surface area (Å²) in [5, 5.41) is 0. The van der Waals surface area contributed by atoms with Crippen LogP contribution in [0.2, 0.25) is 0 Å². The molecule has 0 heterocycles. The van der Waals surface area contributed by atoms with E-state index < -0.39 is 0 Å². The quantitative estimate of drug-likeness (QED) is 0.738. The van der Waals surface area contributed by atoms with Crippen molar-refractivity contribution >= 4 is 5.78 Å². The van der Waals surface area contributed by atoms with Gasteiger partial charge in [-0.3, -0.25) is 4.79 Å². The molecule has 1 aliphatic carbocycles. The van der Waals surface area contributed by atoms with Gasteiger partial charge in [-0.15, -0.1) is 0 Å². The van der Waals surface area contributed by atoms with Crippen LogP contribution in [0.25, 0.3) is 0 Å². The molecule has 2 nitrogen and oxygen atoms in total. The van der Waals surface area contributed by atoms with Crippen molar-refractivity contribution in [1.29, 1.82) is 0 Å². The summed E-state index contributed by atoms with van der Waals surface area (Å²) in [7, 11) is 1.65. The molecule has 96 valence electrons. The first-order chi connectivity index (χ1) is 8.79. The molecule has 0 spiro atoms. The lowest BCUT2D eigenvalue weighted by Gasteiger charge is -2.12. The summed E-state index contributed by atoms with van der Waals surface area (Å²) >= 11 is 0. The molecule has 0 fully saturated rings. The summed E-state index contributed by atoms with van der Waals surface area (Å²) in [6.45, 7) is 0. The number of carbonyl (C=O) groups excluding carboxylic acids is 1. The van der Waals surface area contributed by atoms with Crippen molar-refractivity contribution < 1.29 is 9.53 Å². The van der Waals surface area contributed by atoms with Crippen LogP contribution in [0, 0.1) is 0 Å². The Kier molecular flexibility index (Phi) is 4.57. The second kappa shape index (κ2) is 6.39. The number of benzene rings is 1. The Labute approximate surface area is 109 Å². The van der Waals surface area contributed by atoms with Crippen molar-refractivity contribution in [2.75, 3.05) is 7.11 Å². The molecule has 0 saturated carbocycles. The van der Waals surface area contributed by atoms with Crippen LogP contribution in [0.5, 0.6) is 5.75 Å². The largest absolute Gasteiger partial charge is 0.496 e. The molecule has 1 aliphatic rings. The van der Waals surface area contributed by atoms with E-state index in [0.29, 0.717) is 12.8 Å². The summed E-state index contributed by atoms with van der Waals surface area (Å²) in [6, 6.07) is 7.75. The number of rotatable bonds is 5. The number of methoxy groups -OCH3 is 1. The SMILES string of the molecule is COc1ccccc1CC(=O)CC1=CCCCC1. The minimum absolute atomic E-state index is 0.285. The number of ether oxygens (including phenoxy) is 1. The van der Waals surface area contributed by atoms with Crippen LogP contribution >= 0.6 is 0 Å². The van der Waals surface area contributed by atoms with Crippen molar-refractivity contribution in [3.8, 4) is 5.75 Å². The maximum atomic E-state index is 12.1. The van der Waals surface area contributed by atoms with Crippen molar-refractivity contribution in [3.63, 3.8) is 0 Å². The van der Waals surface area contributed by atoms with Crippen LogP contribution in [0.3, 0.4) is 0 Å². The predicted molar refractivity (Wildman–Crippen MR) is 72.9 cm³/mol. The van der Waals surface area contributed by atoms with Gasteiger partial charge in [-0.2, -0.15) is 0 Å². The van der Waals surface area contributed by atoms with Crippen LogP contribution in [-0.4, -0.2) is 12.9 Å². The van der Waals surface area contributed by atoms with Crippen molar-refractivity contribution in [1.82, 2.24) is 0 Å². The second-order valence-corrected chi connectivity index (χ2v) is 4.81. The van der Waals surface area contributed by atoms with E-state index in [2.05, 4.69) is 6.08 Å². The third-order valence-corrected chi connectivity index (χ3v) is 3.39. The first-order valence-corrected chi connectivity index (χ1v) is 6.61. The van der Waals surface area contributed by atoms with E-state index in [9.17, 15) is 4.79 Å². The van der Waals surface area contributed by atoms with Crippen molar-refractivity contribution in [2.45, 2.75) is 38.5 Å². The number of ketones is 1. The molecule has 0 amide bonds. The first-order valence-electron chi connectivity index (χ1n) is 6.61. The lowest BCUT2D eigenvalue weighted by molar-refractivity contribution is -0.117. The zero-order valence-corrected chi connectivity index (χ0v) is 10.9. The Balaban J connectivity index is 1.96. The number of Topliss-reactive ketones (excluding diaryl/α,β-unsaturated/α-hetero) is 1. The first kappa shape index (κ1) is 12.9. The predicted octanol–water partition coefficient (Wildman–Crippen LogP) is 3.70. The highest BCUT2D eigenvalue weighted by Gasteiger charge is 2.11. The zero-order valence-electron chi connectivity index (χ0n) is 10.9. The molecule has 1 aromatic rings. The van der Waals surface area contributed by atoms with E-state index >= 15 is 0 Å². The number of hydrogen-bond donors (Lipinski definition) is 0. The van der Waals surface area contributed by atoms with Gasteiger partial charge in [0.25, 0.3) is 0 Å². The van der Waals surface area contributed by atoms with E-state index in [1.54, 1.807) is 7.11 Å². The highest BCUT2D eigenvalue weighted by atomic mass is 16.5. The minimum Gasteiger partial charge on any atom is -0.496 e. The molecule has 0 bridgehead atoms. The van der Waals surface area contributed by atoms with Crippen molar-refractivity contribution in [2.24, 2.45) is 0 Å². The summed E-state index contributed by atoms with van der Waals surface area (Å²) in [6.07, 6.45) is 8.05. The minimum atomic E-state index is 0.285. The van der Waals surface area contributed by atoms with Gasteiger partial charge in [0.2, 0.25) is 0 Å². The summed E-state index contributed by atoms with van der Waals surface area (Å²) in [4.78, 5) is 12.1. The van der Waals surface area contributed by atoms with E-state index in [-0.39, 0.29) is 5.78 Å². The highest BCUT2D eigenvalue weighted by molar-refractivity contribution is 5.83. The number of hydrogen-bond acceptors (Lipinski definition) is 2. The zero-order chi connectivity index (χ0) is 12.8. The molecule has 0 saturated heterocycles. The van der Waals surface area contributed by atoms with E-state index in [1.807, 2.05) is 24.3 Å². The second-order valence-electron chi connectivity index (χ2n) is 4.81. The van der Waals surface area contributed by atoms with Gasteiger partial charge in [0, 0.05) is 18.4 Å². The molecule has 1 aromatic carbocycles. The highest BCUT2D eigenvalue weighted by Crippen LogP contribution is 2.23. The van der Waals surface area contributed by atoms with Crippen LogP contribution in [0.15, 0.2) is 35.9 Å².